The normalized spacial score (nSPS) is 6.33. The Morgan fingerprint density at radius 3 is 2.33 bits per heavy atom. The highest BCUT2D eigenvalue weighted by molar-refractivity contribution is 7.85. The Balaban J connectivity index is 2.79. The minimum atomic E-state index is 0.827. The second-order valence-electron chi connectivity index (χ2n) is 0.762. The van der Waals surface area contributed by atoms with E-state index in [4.69, 9.17) is 0 Å². The molecule has 0 spiro atoms. The summed E-state index contributed by atoms with van der Waals surface area (Å²) in [6, 6.07) is 0. The smallest absolute Gasteiger partial charge is 0.0186 e. The van der Waals surface area contributed by atoms with E-state index in [1.54, 1.807) is 0 Å². The maximum atomic E-state index is 3.92. The van der Waals surface area contributed by atoms with Crippen molar-refractivity contribution in [1.29, 1.82) is 0 Å². The summed E-state index contributed by atoms with van der Waals surface area (Å²) in [4.78, 5) is 0. The molecule has 0 aromatic rings. The molecule has 0 atom stereocenters. The van der Waals surface area contributed by atoms with Gasteiger partial charge in [-0.05, 0) is 5.25 Å². The van der Waals surface area contributed by atoms with Crippen LogP contribution in [0.5, 0.6) is 0 Å². The summed E-state index contributed by atoms with van der Waals surface area (Å²) >= 11 is 7.58. The zero-order valence-corrected chi connectivity index (χ0v) is 5.10. The van der Waals surface area contributed by atoms with E-state index in [-0.39, 0.29) is 0 Å². The van der Waals surface area contributed by atoms with Crippen molar-refractivity contribution >= 4 is 25.3 Å². The van der Waals surface area contributed by atoms with E-state index in [1.807, 2.05) is 0 Å². The summed E-state index contributed by atoms with van der Waals surface area (Å²) in [5.41, 5.74) is 0. The van der Waals surface area contributed by atoms with Gasteiger partial charge >= 0.3 is 0 Å². The number of rotatable bonds is 1. The SMILES string of the molecule is SC#CCCS. The summed E-state index contributed by atoms with van der Waals surface area (Å²) in [6.07, 6.45) is 0.840. The standard InChI is InChI=1S/C4H6S2/c5-3-1-2-4-6/h5-6H,1,3H2. The number of hydrogen-bond acceptors (Lipinski definition) is 2. The van der Waals surface area contributed by atoms with Gasteiger partial charge in [-0.15, -0.1) is 0 Å². The van der Waals surface area contributed by atoms with Crippen LogP contribution in [-0.4, -0.2) is 5.75 Å². The maximum absolute atomic E-state index is 3.92. The van der Waals surface area contributed by atoms with Crippen LogP contribution in [0.2, 0.25) is 0 Å². The average molecular weight is 118 g/mol. The summed E-state index contributed by atoms with van der Waals surface area (Å²) in [6.45, 7) is 0. The zero-order chi connectivity index (χ0) is 4.83. The Morgan fingerprint density at radius 2 is 2.17 bits per heavy atom. The lowest BCUT2D eigenvalue weighted by Crippen LogP contribution is -1.62. The highest BCUT2D eigenvalue weighted by Crippen LogP contribution is 1.78. The van der Waals surface area contributed by atoms with Crippen molar-refractivity contribution in [1.82, 2.24) is 0 Å². The third-order valence-corrected chi connectivity index (χ3v) is 0.698. The van der Waals surface area contributed by atoms with Gasteiger partial charge in [0.05, 0.1) is 0 Å². The lowest BCUT2D eigenvalue weighted by Gasteiger charge is -1.70. The first kappa shape index (κ1) is 6.26. The van der Waals surface area contributed by atoms with Crippen LogP contribution in [0.4, 0.5) is 0 Å². The summed E-state index contributed by atoms with van der Waals surface area (Å²) in [7, 11) is 0. The van der Waals surface area contributed by atoms with Crippen molar-refractivity contribution in [3.63, 3.8) is 0 Å². The van der Waals surface area contributed by atoms with Gasteiger partial charge in [0.15, 0.2) is 0 Å². The quantitative estimate of drug-likeness (QED) is 0.375. The molecule has 6 heavy (non-hydrogen) atoms. The van der Waals surface area contributed by atoms with Crippen molar-refractivity contribution in [2.45, 2.75) is 6.42 Å². The van der Waals surface area contributed by atoms with Crippen LogP contribution in [0.3, 0.4) is 0 Å². The van der Waals surface area contributed by atoms with Crippen LogP contribution in [0, 0.1) is 11.2 Å². The van der Waals surface area contributed by atoms with Gasteiger partial charge in [-0.2, -0.15) is 12.6 Å². The Kier molecular flexibility index (Phi) is 5.49. The molecule has 0 amide bonds. The Bertz CT molecular complexity index is 67.4. The van der Waals surface area contributed by atoms with Gasteiger partial charge in [-0.1, -0.05) is 18.5 Å². The molecule has 0 rings (SSSR count). The summed E-state index contributed by atoms with van der Waals surface area (Å²) in [5.74, 6) is 3.56. The van der Waals surface area contributed by atoms with Crippen molar-refractivity contribution < 1.29 is 0 Å². The van der Waals surface area contributed by atoms with Crippen LogP contribution in [-0.2, 0) is 0 Å². The molecule has 0 aliphatic heterocycles. The van der Waals surface area contributed by atoms with Crippen LogP contribution in [0.25, 0.3) is 0 Å². The van der Waals surface area contributed by atoms with Crippen LogP contribution in [0.1, 0.15) is 6.42 Å². The van der Waals surface area contributed by atoms with E-state index < -0.39 is 0 Å². The van der Waals surface area contributed by atoms with Crippen molar-refractivity contribution in [2.75, 3.05) is 5.75 Å². The van der Waals surface area contributed by atoms with E-state index in [9.17, 15) is 0 Å². The highest BCUT2D eigenvalue weighted by atomic mass is 32.1. The van der Waals surface area contributed by atoms with E-state index in [1.165, 1.54) is 0 Å². The molecule has 0 heterocycles. The van der Waals surface area contributed by atoms with Crippen molar-refractivity contribution in [3.8, 4) is 11.2 Å². The van der Waals surface area contributed by atoms with Gasteiger partial charge < -0.3 is 0 Å². The average Bonchev–Trinajstić information content (AvgIpc) is 1.61. The predicted molar refractivity (Wildman–Crippen MR) is 35.2 cm³/mol. The summed E-state index contributed by atoms with van der Waals surface area (Å²) in [5, 5.41) is 2.46. The molecule has 0 aromatic carbocycles. The Labute approximate surface area is 49.1 Å². The van der Waals surface area contributed by atoms with Crippen LogP contribution >= 0.6 is 25.3 Å². The number of thiol groups is 2. The molecule has 2 heteroatoms. The van der Waals surface area contributed by atoms with Crippen molar-refractivity contribution in [3.05, 3.63) is 0 Å². The molecule has 0 saturated carbocycles. The summed E-state index contributed by atoms with van der Waals surface area (Å²) < 4.78 is 0. The first-order chi connectivity index (χ1) is 2.91. The fraction of sp³-hybridized carbons (Fsp3) is 0.500. The maximum Gasteiger partial charge on any atom is 0.0186 e. The molecule has 0 aliphatic carbocycles. The molecule has 0 saturated heterocycles. The minimum absolute atomic E-state index is 0.827. The van der Waals surface area contributed by atoms with E-state index >= 15 is 0 Å². The molecule has 0 fully saturated rings. The van der Waals surface area contributed by atoms with E-state index in [0.29, 0.717) is 0 Å². The van der Waals surface area contributed by atoms with Gasteiger partial charge in [-0.3, -0.25) is 0 Å². The minimum Gasteiger partial charge on any atom is -0.178 e. The van der Waals surface area contributed by atoms with E-state index in [2.05, 4.69) is 36.4 Å². The van der Waals surface area contributed by atoms with E-state index in [0.717, 1.165) is 12.2 Å². The van der Waals surface area contributed by atoms with Gasteiger partial charge in [0.2, 0.25) is 0 Å². The van der Waals surface area contributed by atoms with Crippen molar-refractivity contribution in [2.24, 2.45) is 0 Å². The molecular formula is C4H6S2. The molecule has 0 aliphatic rings. The molecule has 34 valence electrons. The van der Waals surface area contributed by atoms with Gasteiger partial charge in [0, 0.05) is 12.2 Å². The van der Waals surface area contributed by atoms with Crippen LogP contribution in [0.15, 0.2) is 0 Å². The highest BCUT2D eigenvalue weighted by Gasteiger charge is 1.64. The Hall–Kier alpha value is 0.260. The molecule has 0 aromatic heterocycles. The molecule has 0 radical (unpaired) electrons. The third kappa shape index (κ3) is 4.26. The fourth-order valence-corrected chi connectivity index (χ4v) is 0.335. The lowest BCUT2D eigenvalue weighted by molar-refractivity contribution is 1.31. The molecule has 0 nitrogen and oxygen atoms in total. The predicted octanol–water partition coefficient (Wildman–Crippen LogP) is 1.20. The largest absolute Gasteiger partial charge is 0.178 e. The molecule has 0 N–H and O–H groups in total. The Morgan fingerprint density at radius 1 is 1.50 bits per heavy atom. The van der Waals surface area contributed by atoms with Gasteiger partial charge in [-0.25, -0.2) is 0 Å². The fourth-order valence-electron chi connectivity index (χ4n) is 0.112. The lowest BCUT2D eigenvalue weighted by atomic mass is 10.5. The molecular weight excluding hydrogens is 112 g/mol. The number of hydrogen-bond donors (Lipinski definition) is 2. The van der Waals surface area contributed by atoms with Gasteiger partial charge in [0.1, 0.15) is 0 Å². The molecule has 0 bridgehead atoms. The topological polar surface area (TPSA) is 0 Å². The second-order valence-corrected chi connectivity index (χ2v) is 1.43. The van der Waals surface area contributed by atoms with Gasteiger partial charge in [0.25, 0.3) is 0 Å². The monoisotopic (exact) mass is 118 g/mol. The zero-order valence-electron chi connectivity index (χ0n) is 3.31. The molecule has 0 unspecified atom stereocenters. The first-order valence-electron chi connectivity index (χ1n) is 1.64. The third-order valence-electron chi connectivity index (χ3n) is 0.316. The first-order valence-corrected chi connectivity index (χ1v) is 2.72. The second kappa shape index (κ2) is 5.26. The van der Waals surface area contributed by atoms with Crippen LogP contribution < -0.4 is 0 Å².